The Balaban J connectivity index is 1.36. The molecule has 0 aromatic heterocycles. The Hall–Kier alpha value is -0.900. The highest BCUT2D eigenvalue weighted by Gasteiger charge is 2.37. The van der Waals surface area contributed by atoms with Gasteiger partial charge in [0.05, 0.1) is 12.7 Å². The zero-order valence-corrected chi connectivity index (χ0v) is 10.8. The van der Waals surface area contributed by atoms with Gasteiger partial charge in [-0.05, 0) is 24.9 Å². The van der Waals surface area contributed by atoms with Gasteiger partial charge in [0.2, 0.25) is 0 Å². The monoisotopic (exact) mass is 246 g/mol. The summed E-state index contributed by atoms with van der Waals surface area (Å²) < 4.78 is 5.69. The van der Waals surface area contributed by atoms with E-state index in [2.05, 4.69) is 41.0 Å². The topological polar surface area (TPSA) is 33.3 Å². The molecule has 1 saturated carbocycles. The maximum atomic E-state index is 5.69. The van der Waals surface area contributed by atoms with E-state index in [1.165, 1.54) is 12.0 Å². The summed E-state index contributed by atoms with van der Waals surface area (Å²) in [4.78, 5) is 0. The lowest BCUT2D eigenvalue weighted by Gasteiger charge is -2.23. The second-order valence-corrected chi connectivity index (χ2v) is 5.30. The largest absolute Gasteiger partial charge is 0.376 e. The van der Waals surface area contributed by atoms with Crippen molar-refractivity contribution < 1.29 is 4.74 Å². The van der Waals surface area contributed by atoms with Crippen molar-refractivity contribution >= 4 is 0 Å². The molecule has 1 heterocycles. The fourth-order valence-electron chi connectivity index (χ4n) is 2.72. The predicted molar refractivity (Wildman–Crippen MR) is 72.8 cm³/mol. The van der Waals surface area contributed by atoms with Crippen LogP contribution in [0.1, 0.15) is 24.3 Å². The molecule has 18 heavy (non-hydrogen) atoms. The van der Waals surface area contributed by atoms with Gasteiger partial charge in [0.25, 0.3) is 0 Å². The molecular weight excluding hydrogens is 224 g/mol. The summed E-state index contributed by atoms with van der Waals surface area (Å²) in [5, 5.41) is 7.02. The highest BCUT2D eigenvalue weighted by atomic mass is 16.5. The number of nitrogens with one attached hydrogen (secondary N) is 2. The van der Waals surface area contributed by atoms with E-state index in [0.717, 1.165) is 38.6 Å². The Morgan fingerprint density at radius 2 is 2.17 bits per heavy atom. The number of rotatable bonds is 5. The zero-order chi connectivity index (χ0) is 12.2. The van der Waals surface area contributed by atoms with Gasteiger partial charge >= 0.3 is 0 Å². The third kappa shape index (κ3) is 3.10. The molecule has 2 fully saturated rings. The maximum Gasteiger partial charge on any atom is 0.0712 e. The molecule has 3 rings (SSSR count). The van der Waals surface area contributed by atoms with Crippen molar-refractivity contribution in [3.05, 3.63) is 35.9 Å². The SMILES string of the molecule is c1ccc(C2CC2NCCC2CNCCO2)cc1. The van der Waals surface area contributed by atoms with E-state index in [4.69, 9.17) is 4.74 Å². The Bertz CT molecular complexity index is 362. The number of hydrogen-bond acceptors (Lipinski definition) is 3. The molecule has 2 N–H and O–H groups in total. The van der Waals surface area contributed by atoms with Gasteiger partial charge in [-0.3, -0.25) is 0 Å². The summed E-state index contributed by atoms with van der Waals surface area (Å²) in [5.41, 5.74) is 1.48. The van der Waals surface area contributed by atoms with Gasteiger partial charge in [0.15, 0.2) is 0 Å². The molecule has 0 radical (unpaired) electrons. The first-order valence-electron chi connectivity index (χ1n) is 7.04. The van der Waals surface area contributed by atoms with Crippen molar-refractivity contribution in [1.29, 1.82) is 0 Å². The van der Waals surface area contributed by atoms with Crippen molar-refractivity contribution in [3.8, 4) is 0 Å². The third-order valence-electron chi connectivity index (χ3n) is 3.90. The minimum atomic E-state index is 0.403. The quantitative estimate of drug-likeness (QED) is 0.826. The molecule has 98 valence electrons. The minimum Gasteiger partial charge on any atom is -0.376 e. The van der Waals surface area contributed by atoms with Gasteiger partial charge in [-0.1, -0.05) is 30.3 Å². The summed E-state index contributed by atoms with van der Waals surface area (Å²) in [6.45, 7) is 3.94. The highest BCUT2D eigenvalue weighted by molar-refractivity contribution is 5.27. The second kappa shape index (κ2) is 5.83. The normalized spacial score (nSPS) is 31.2. The van der Waals surface area contributed by atoms with Gasteiger partial charge < -0.3 is 15.4 Å². The van der Waals surface area contributed by atoms with Crippen LogP contribution in [0.5, 0.6) is 0 Å². The first kappa shape index (κ1) is 12.2. The van der Waals surface area contributed by atoms with E-state index in [1.807, 2.05) is 0 Å². The first-order chi connectivity index (χ1) is 8.93. The summed E-state index contributed by atoms with van der Waals surface area (Å²) in [6, 6.07) is 11.5. The van der Waals surface area contributed by atoms with Crippen LogP contribution < -0.4 is 10.6 Å². The lowest BCUT2D eigenvalue weighted by atomic mass is 10.1. The molecule has 0 bridgehead atoms. The second-order valence-electron chi connectivity index (χ2n) is 5.30. The van der Waals surface area contributed by atoms with Gasteiger partial charge in [-0.2, -0.15) is 0 Å². The van der Waals surface area contributed by atoms with E-state index in [0.29, 0.717) is 12.1 Å². The molecule has 1 saturated heterocycles. The van der Waals surface area contributed by atoms with Crippen LogP contribution in [0.4, 0.5) is 0 Å². The number of ether oxygens (including phenoxy) is 1. The molecule has 3 nitrogen and oxygen atoms in total. The molecule has 1 aromatic rings. The molecule has 1 aliphatic heterocycles. The number of morpholine rings is 1. The predicted octanol–water partition coefficient (Wildman–Crippen LogP) is 1.51. The van der Waals surface area contributed by atoms with Crippen LogP contribution in [-0.2, 0) is 4.74 Å². The summed E-state index contributed by atoms with van der Waals surface area (Å²) in [5.74, 6) is 0.733. The standard InChI is InChI=1S/C15H22N2O/c1-2-4-12(5-3-1)14-10-15(14)17-7-6-13-11-16-8-9-18-13/h1-5,13-17H,6-11H2. The molecule has 2 aliphatic rings. The van der Waals surface area contributed by atoms with Gasteiger partial charge in [-0.15, -0.1) is 0 Å². The van der Waals surface area contributed by atoms with Gasteiger partial charge in [0.1, 0.15) is 0 Å². The van der Waals surface area contributed by atoms with Crippen molar-refractivity contribution in [2.45, 2.75) is 30.9 Å². The van der Waals surface area contributed by atoms with Crippen LogP contribution in [-0.4, -0.2) is 38.4 Å². The molecule has 0 amide bonds. The zero-order valence-electron chi connectivity index (χ0n) is 10.8. The molecule has 3 atom stereocenters. The first-order valence-corrected chi connectivity index (χ1v) is 7.04. The molecule has 3 heteroatoms. The highest BCUT2D eigenvalue weighted by Crippen LogP contribution is 2.40. The Kier molecular flexibility index (Phi) is 3.93. The average molecular weight is 246 g/mol. The molecule has 1 aliphatic carbocycles. The van der Waals surface area contributed by atoms with Crippen LogP contribution in [0.15, 0.2) is 30.3 Å². The Labute approximate surface area is 109 Å². The molecular formula is C15H22N2O. The van der Waals surface area contributed by atoms with E-state index in [1.54, 1.807) is 0 Å². The van der Waals surface area contributed by atoms with Crippen molar-refractivity contribution in [2.24, 2.45) is 0 Å². The summed E-state index contributed by atoms with van der Waals surface area (Å²) in [6.07, 6.45) is 2.80. The maximum absolute atomic E-state index is 5.69. The van der Waals surface area contributed by atoms with Crippen LogP contribution in [0, 0.1) is 0 Å². The van der Waals surface area contributed by atoms with E-state index >= 15 is 0 Å². The van der Waals surface area contributed by atoms with Crippen LogP contribution in [0.25, 0.3) is 0 Å². The fraction of sp³-hybridized carbons (Fsp3) is 0.600. The lowest BCUT2D eigenvalue weighted by Crippen LogP contribution is -2.40. The van der Waals surface area contributed by atoms with Crippen molar-refractivity contribution in [2.75, 3.05) is 26.2 Å². The molecule has 1 aromatic carbocycles. The van der Waals surface area contributed by atoms with E-state index in [-0.39, 0.29) is 0 Å². The van der Waals surface area contributed by atoms with Crippen molar-refractivity contribution in [1.82, 2.24) is 10.6 Å². The molecule has 3 unspecified atom stereocenters. The van der Waals surface area contributed by atoms with Crippen LogP contribution in [0.3, 0.4) is 0 Å². The summed E-state index contributed by atoms with van der Waals surface area (Å²) in [7, 11) is 0. The number of hydrogen-bond donors (Lipinski definition) is 2. The lowest BCUT2D eigenvalue weighted by molar-refractivity contribution is 0.0238. The van der Waals surface area contributed by atoms with E-state index < -0.39 is 0 Å². The number of benzene rings is 1. The van der Waals surface area contributed by atoms with Gasteiger partial charge in [-0.25, -0.2) is 0 Å². The Morgan fingerprint density at radius 1 is 1.28 bits per heavy atom. The average Bonchev–Trinajstić information content (AvgIpc) is 3.21. The Morgan fingerprint density at radius 3 is 2.94 bits per heavy atom. The smallest absolute Gasteiger partial charge is 0.0712 e. The van der Waals surface area contributed by atoms with E-state index in [9.17, 15) is 0 Å². The molecule has 0 spiro atoms. The fourth-order valence-corrected chi connectivity index (χ4v) is 2.72. The summed E-state index contributed by atoms with van der Waals surface area (Å²) >= 11 is 0. The van der Waals surface area contributed by atoms with Crippen LogP contribution >= 0.6 is 0 Å². The minimum absolute atomic E-state index is 0.403. The third-order valence-corrected chi connectivity index (χ3v) is 3.90. The van der Waals surface area contributed by atoms with Crippen molar-refractivity contribution in [3.63, 3.8) is 0 Å². The van der Waals surface area contributed by atoms with Crippen LogP contribution in [0.2, 0.25) is 0 Å². The van der Waals surface area contributed by atoms with Gasteiger partial charge in [0, 0.05) is 25.0 Å².